The Morgan fingerprint density at radius 2 is 1.90 bits per heavy atom. The maximum Gasteiger partial charge on any atom is 0.365 e. The van der Waals surface area contributed by atoms with Crippen LogP contribution >= 0.6 is 11.6 Å². The first-order chi connectivity index (χ1) is 9.84. The van der Waals surface area contributed by atoms with Crippen LogP contribution in [-0.4, -0.2) is 42.4 Å². The van der Waals surface area contributed by atoms with Crippen molar-refractivity contribution < 1.29 is 28.0 Å². The van der Waals surface area contributed by atoms with E-state index in [9.17, 15) is 18.0 Å². The number of alkyl halides is 1. The van der Waals surface area contributed by atoms with Gasteiger partial charge in [0.2, 0.25) is 26.8 Å². The molecule has 0 saturated carbocycles. The fourth-order valence-corrected chi connectivity index (χ4v) is 2.61. The molecular weight excluding hydrogens is 322 g/mol. The highest BCUT2D eigenvalue weighted by Crippen LogP contribution is 2.16. The summed E-state index contributed by atoms with van der Waals surface area (Å²) in [5.41, 5.74) is -2.52. The number of ether oxygens (including phenoxy) is 1. The summed E-state index contributed by atoms with van der Waals surface area (Å²) in [5, 5.41) is 11.1. The van der Waals surface area contributed by atoms with E-state index in [0.29, 0.717) is 0 Å². The zero-order chi connectivity index (χ0) is 16.0. The topological polar surface area (TPSA) is 110 Å². The molecule has 0 radical (unpaired) electrons. The van der Waals surface area contributed by atoms with Crippen molar-refractivity contribution in [1.82, 2.24) is 0 Å². The molecule has 7 nitrogen and oxygen atoms in total. The maximum atomic E-state index is 12.1. The smallest absolute Gasteiger partial charge is 0.365 e. The summed E-state index contributed by atoms with van der Waals surface area (Å²) >= 11 is 5.22. The molecule has 0 saturated heterocycles. The van der Waals surface area contributed by atoms with Crippen LogP contribution in [0.4, 0.5) is 0 Å². The summed E-state index contributed by atoms with van der Waals surface area (Å²) in [6.07, 6.45) is 0. The van der Waals surface area contributed by atoms with Gasteiger partial charge in [0.05, 0.1) is 10.8 Å². The molecule has 1 N–H and O–H groups in total. The number of Topliss-reactive ketones (excluding diaryl/α,β-unsaturated/α-hetero) is 1. The number of esters is 1. The van der Waals surface area contributed by atoms with Crippen LogP contribution in [0.1, 0.15) is 6.92 Å². The largest absolute Gasteiger partial charge is 0.441 e. The predicted octanol–water partition coefficient (Wildman–Crippen LogP) is 0.988. The molecule has 0 aliphatic heterocycles. The third kappa shape index (κ3) is 4.02. The van der Waals surface area contributed by atoms with Gasteiger partial charge in [-0.1, -0.05) is 23.4 Å². The lowest BCUT2D eigenvalue weighted by Crippen LogP contribution is -2.33. The summed E-state index contributed by atoms with van der Waals surface area (Å²) in [5.74, 6) is -2.95. The van der Waals surface area contributed by atoms with Crippen molar-refractivity contribution in [3.63, 3.8) is 0 Å². The minimum absolute atomic E-state index is 0.0449. The molecular formula is C12H12ClNO6S. The van der Waals surface area contributed by atoms with Crippen LogP contribution in [0.2, 0.25) is 0 Å². The zero-order valence-electron chi connectivity index (χ0n) is 10.9. The van der Waals surface area contributed by atoms with E-state index in [0.717, 1.165) is 6.92 Å². The highest BCUT2D eigenvalue weighted by molar-refractivity contribution is 7.91. The maximum absolute atomic E-state index is 12.1. The van der Waals surface area contributed by atoms with Crippen LogP contribution in [0.15, 0.2) is 40.4 Å². The van der Waals surface area contributed by atoms with E-state index in [1.807, 2.05) is 0 Å². The van der Waals surface area contributed by atoms with Gasteiger partial charge in [-0.05, 0) is 19.1 Å². The number of sulfone groups is 1. The van der Waals surface area contributed by atoms with Crippen LogP contribution in [0, 0.1) is 0 Å². The molecule has 1 aromatic carbocycles. The fraction of sp³-hybridized carbons (Fsp3) is 0.250. The normalized spacial score (nSPS) is 13.5. The Balaban J connectivity index is 2.93. The number of hydrogen-bond acceptors (Lipinski definition) is 7. The molecule has 0 aliphatic carbocycles. The van der Waals surface area contributed by atoms with E-state index < -0.39 is 38.6 Å². The average Bonchev–Trinajstić information content (AvgIpc) is 2.48. The molecule has 0 fully saturated rings. The Morgan fingerprint density at radius 1 is 1.33 bits per heavy atom. The summed E-state index contributed by atoms with van der Waals surface area (Å²) in [7, 11) is -3.93. The van der Waals surface area contributed by atoms with Gasteiger partial charge < -0.3 is 9.94 Å². The van der Waals surface area contributed by atoms with Gasteiger partial charge in [0, 0.05) is 0 Å². The summed E-state index contributed by atoms with van der Waals surface area (Å²) in [6.45, 7) is 1.13. The Hall–Kier alpha value is -1.93. The van der Waals surface area contributed by atoms with Gasteiger partial charge in [0.25, 0.3) is 0 Å². The van der Waals surface area contributed by atoms with Gasteiger partial charge in [0.1, 0.15) is 0 Å². The molecule has 1 aromatic rings. The first-order valence-electron chi connectivity index (χ1n) is 5.65. The monoisotopic (exact) mass is 333 g/mol. The van der Waals surface area contributed by atoms with Crippen LogP contribution in [0.5, 0.6) is 0 Å². The van der Waals surface area contributed by atoms with E-state index in [-0.39, 0.29) is 4.90 Å². The van der Waals surface area contributed by atoms with Crippen molar-refractivity contribution in [1.29, 1.82) is 0 Å². The average molecular weight is 334 g/mol. The number of oxime groups is 1. The summed E-state index contributed by atoms with van der Waals surface area (Å²) in [6, 6.07) is 7.33. The highest BCUT2D eigenvalue weighted by Gasteiger charge is 2.30. The van der Waals surface area contributed by atoms with Gasteiger partial charge in [-0.25, -0.2) is 13.2 Å². The van der Waals surface area contributed by atoms with Gasteiger partial charge >= 0.3 is 5.97 Å². The Kier molecular flexibility index (Phi) is 5.86. The Bertz CT molecular complexity index is 656. The molecule has 0 amide bonds. The molecule has 1 atom stereocenters. The molecule has 114 valence electrons. The van der Waals surface area contributed by atoms with Crippen molar-refractivity contribution in [3.8, 4) is 0 Å². The number of ketones is 1. The summed E-state index contributed by atoms with van der Waals surface area (Å²) < 4.78 is 28.9. The number of halogens is 1. The second-order valence-corrected chi connectivity index (χ2v) is 6.33. The molecule has 0 spiro atoms. The van der Waals surface area contributed by atoms with E-state index in [2.05, 4.69) is 9.89 Å². The first-order valence-corrected chi connectivity index (χ1v) is 7.73. The molecule has 0 aromatic heterocycles. The summed E-state index contributed by atoms with van der Waals surface area (Å²) in [4.78, 5) is 22.8. The minimum atomic E-state index is -3.93. The predicted molar refractivity (Wildman–Crippen MR) is 74.1 cm³/mol. The third-order valence-corrected chi connectivity index (χ3v) is 4.60. The number of carbonyl (C=O) groups excluding carboxylic acids is 2. The van der Waals surface area contributed by atoms with Crippen LogP contribution in [-0.2, 0) is 24.2 Å². The van der Waals surface area contributed by atoms with Crippen molar-refractivity contribution in [2.75, 3.05) is 5.88 Å². The second-order valence-electron chi connectivity index (χ2n) is 3.84. The zero-order valence-corrected chi connectivity index (χ0v) is 12.5. The number of nitrogens with zero attached hydrogens (tertiary/aromatic N) is 1. The van der Waals surface area contributed by atoms with E-state index in [1.54, 1.807) is 6.07 Å². The van der Waals surface area contributed by atoms with Gasteiger partial charge in [-0.3, -0.25) is 4.79 Å². The first kappa shape index (κ1) is 17.1. The van der Waals surface area contributed by atoms with Crippen LogP contribution in [0.3, 0.4) is 0 Å². The lowest BCUT2D eigenvalue weighted by molar-refractivity contribution is -0.137. The number of carbonyl (C=O) groups is 2. The standard InChI is InChI=1S/C12H12ClNO6S/c1-8(20-12(16)11(14-17)10(15)7-13)21(18,19)9-5-3-2-4-6-9/h2-6,8,17H,7H2,1H3/b14-11-. The Labute approximate surface area is 126 Å². The molecule has 21 heavy (non-hydrogen) atoms. The minimum Gasteiger partial charge on any atom is -0.441 e. The fourth-order valence-electron chi connectivity index (χ4n) is 1.35. The Morgan fingerprint density at radius 3 is 2.38 bits per heavy atom. The highest BCUT2D eigenvalue weighted by atomic mass is 35.5. The number of rotatable bonds is 6. The molecule has 0 heterocycles. The van der Waals surface area contributed by atoms with Gasteiger partial charge in [-0.15, -0.1) is 11.6 Å². The number of benzene rings is 1. The van der Waals surface area contributed by atoms with Crippen molar-refractivity contribution in [2.45, 2.75) is 17.3 Å². The molecule has 1 unspecified atom stereocenters. The quantitative estimate of drug-likeness (QED) is 0.207. The molecule has 0 bridgehead atoms. The lowest BCUT2D eigenvalue weighted by atomic mass is 10.3. The third-order valence-electron chi connectivity index (χ3n) is 2.46. The van der Waals surface area contributed by atoms with Crippen molar-refractivity contribution in [3.05, 3.63) is 30.3 Å². The molecule has 0 aliphatic rings. The van der Waals surface area contributed by atoms with Crippen LogP contribution in [0.25, 0.3) is 0 Å². The molecule has 9 heteroatoms. The molecule has 1 rings (SSSR count). The van der Waals surface area contributed by atoms with Crippen molar-refractivity contribution >= 4 is 38.9 Å². The van der Waals surface area contributed by atoms with Gasteiger partial charge in [0.15, 0.2) is 0 Å². The van der Waals surface area contributed by atoms with E-state index in [4.69, 9.17) is 16.8 Å². The number of hydrogen-bond donors (Lipinski definition) is 1. The second kappa shape index (κ2) is 7.19. The van der Waals surface area contributed by atoms with Crippen molar-refractivity contribution in [2.24, 2.45) is 5.16 Å². The van der Waals surface area contributed by atoms with Gasteiger partial charge in [-0.2, -0.15) is 0 Å². The SMILES string of the molecule is CC(OC(=O)/C(=N\O)C(=O)CCl)S(=O)(=O)c1ccccc1. The van der Waals surface area contributed by atoms with E-state index >= 15 is 0 Å². The lowest BCUT2D eigenvalue weighted by Gasteiger charge is -2.14. The van der Waals surface area contributed by atoms with E-state index in [1.165, 1.54) is 24.3 Å². The van der Waals surface area contributed by atoms with Crippen LogP contribution < -0.4 is 0 Å².